The van der Waals surface area contributed by atoms with Crippen molar-refractivity contribution in [3.8, 4) is 0 Å². The van der Waals surface area contributed by atoms with E-state index >= 15 is 0 Å². The number of benzene rings is 2. The average molecular weight is 394 g/mol. The summed E-state index contributed by atoms with van der Waals surface area (Å²) in [6.07, 6.45) is 0. The molecular weight excluding hydrogens is 373 g/mol. The van der Waals surface area contributed by atoms with Crippen LogP contribution in [0.25, 0.3) is 0 Å². The number of aryl methyl sites for hydroxylation is 1. The van der Waals surface area contributed by atoms with Crippen molar-refractivity contribution in [1.29, 1.82) is 0 Å². The van der Waals surface area contributed by atoms with Crippen molar-refractivity contribution in [2.75, 3.05) is 36.4 Å². The number of rotatable bonds is 2. The molecule has 0 aromatic heterocycles. The molecule has 0 amide bonds. The summed E-state index contributed by atoms with van der Waals surface area (Å²) in [5.74, 6) is 0. The molecule has 6 heteroatoms. The van der Waals surface area contributed by atoms with Gasteiger partial charge < -0.3 is 15.1 Å². The number of hydrogen-bond donors (Lipinski definition) is 1. The molecule has 0 unspecified atom stereocenters. The SMILES string of the molecule is Cc1cccc(N2CCN(C(=S)Nc3ccc(Cl)c(Cl)c3)CC2)c1C. The Morgan fingerprint density at radius 2 is 1.72 bits per heavy atom. The Morgan fingerprint density at radius 1 is 1.00 bits per heavy atom. The summed E-state index contributed by atoms with van der Waals surface area (Å²) in [7, 11) is 0. The van der Waals surface area contributed by atoms with Gasteiger partial charge in [-0.05, 0) is 61.5 Å². The number of anilines is 2. The minimum absolute atomic E-state index is 0.522. The zero-order chi connectivity index (χ0) is 18.0. The van der Waals surface area contributed by atoms with Crippen LogP contribution in [0.15, 0.2) is 36.4 Å². The van der Waals surface area contributed by atoms with Crippen molar-refractivity contribution in [1.82, 2.24) is 4.90 Å². The first-order chi connectivity index (χ1) is 12.0. The smallest absolute Gasteiger partial charge is 0.173 e. The van der Waals surface area contributed by atoms with Gasteiger partial charge in [-0.1, -0.05) is 35.3 Å². The zero-order valence-corrected chi connectivity index (χ0v) is 16.7. The van der Waals surface area contributed by atoms with Gasteiger partial charge in [0.15, 0.2) is 5.11 Å². The highest BCUT2D eigenvalue weighted by molar-refractivity contribution is 7.80. The van der Waals surface area contributed by atoms with Crippen LogP contribution in [0.2, 0.25) is 10.0 Å². The Hall–Kier alpha value is -1.49. The second-order valence-electron chi connectivity index (χ2n) is 6.25. The molecule has 1 aliphatic heterocycles. The van der Waals surface area contributed by atoms with Crippen molar-refractivity contribution in [3.63, 3.8) is 0 Å². The first-order valence-electron chi connectivity index (χ1n) is 8.28. The van der Waals surface area contributed by atoms with Crippen molar-refractivity contribution >= 4 is 51.9 Å². The van der Waals surface area contributed by atoms with Gasteiger partial charge in [-0.3, -0.25) is 0 Å². The first-order valence-corrected chi connectivity index (χ1v) is 9.44. The van der Waals surface area contributed by atoms with Gasteiger partial charge in [0.1, 0.15) is 0 Å². The summed E-state index contributed by atoms with van der Waals surface area (Å²) in [6.45, 7) is 8.03. The van der Waals surface area contributed by atoms with Crippen LogP contribution in [0.3, 0.4) is 0 Å². The lowest BCUT2D eigenvalue weighted by molar-refractivity contribution is 0.390. The Bertz CT molecular complexity index is 786. The second kappa shape index (κ2) is 7.81. The summed E-state index contributed by atoms with van der Waals surface area (Å²) < 4.78 is 0. The van der Waals surface area contributed by atoms with E-state index in [1.54, 1.807) is 12.1 Å². The van der Waals surface area contributed by atoms with E-state index in [4.69, 9.17) is 35.4 Å². The molecule has 3 nitrogen and oxygen atoms in total. The van der Waals surface area contributed by atoms with Crippen LogP contribution in [-0.4, -0.2) is 36.2 Å². The minimum Gasteiger partial charge on any atom is -0.368 e. The lowest BCUT2D eigenvalue weighted by atomic mass is 10.1. The number of halogens is 2. The van der Waals surface area contributed by atoms with Crippen LogP contribution < -0.4 is 10.2 Å². The van der Waals surface area contributed by atoms with E-state index in [1.807, 2.05) is 6.07 Å². The number of nitrogens with zero attached hydrogens (tertiary/aromatic N) is 2. The number of nitrogens with one attached hydrogen (secondary N) is 1. The fraction of sp³-hybridized carbons (Fsp3) is 0.316. The highest BCUT2D eigenvalue weighted by Crippen LogP contribution is 2.26. The fourth-order valence-electron chi connectivity index (χ4n) is 3.01. The van der Waals surface area contributed by atoms with Crippen molar-refractivity contribution in [2.24, 2.45) is 0 Å². The van der Waals surface area contributed by atoms with Gasteiger partial charge >= 0.3 is 0 Å². The van der Waals surface area contributed by atoms with Gasteiger partial charge in [0.05, 0.1) is 10.0 Å². The van der Waals surface area contributed by atoms with E-state index < -0.39 is 0 Å². The molecule has 0 saturated carbocycles. The average Bonchev–Trinajstić information content (AvgIpc) is 2.61. The molecule has 132 valence electrons. The maximum absolute atomic E-state index is 6.06. The lowest BCUT2D eigenvalue weighted by Crippen LogP contribution is -2.50. The maximum atomic E-state index is 6.06. The van der Waals surface area contributed by atoms with Gasteiger partial charge in [-0.15, -0.1) is 0 Å². The molecule has 0 spiro atoms. The Labute approximate surface area is 164 Å². The summed E-state index contributed by atoms with van der Waals surface area (Å²) >= 11 is 17.6. The van der Waals surface area contributed by atoms with Crippen LogP contribution in [-0.2, 0) is 0 Å². The zero-order valence-electron chi connectivity index (χ0n) is 14.4. The van der Waals surface area contributed by atoms with Gasteiger partial charge in [-0.2, -0.15) is 0 Å². The molecule has 1 heterocycles. The van der Waals surface area contributed by atoms with Crippen LogP contribution in [0, 0.1) is 13.8 Å². The molecule has 0 radical (unpaired) electrons. The lowest BCUT2D eigenvalue weighted by Gasteiger charge is -2.38. The van der Waals surface area contributed by atoms with Crippen LogP contribution >= 0.6 is 35.4 Å². The molecule has 0 atom stereocenters. The van der Waals surface area contributed by atoms with E-state index in [-0.39, 0.29) is 0 Å². The Kier molecular flexibility index (Phi) is 5.72. The minimum atomic E-state index is 0.522. The molecule has 2 aromatic carbocycles. The van der Waals surface area contributed by atoms with Crippen LogP contribution in [0.4, 0.5) is 11.4 Å². The van der Waals surface area contributed by atoms with Gasteiger partial charge in [0.25, 0.3) is 0 Å². The molecule has 3 rings (SSSR count). The summed E-state index contributed by atoms with van der Waals surface area (Å²) in [5, 5.41) is 5.04. The predicted octanol–water partition coefficient (Wildman–Crippen LogP) is 5.13. The normalized spacial score (nSPS) is 14.6. The molecule has 2 aromatic rings. The van der Waals surface area contributed by atoms with Crippen molar-refractivity contribution in [3.05, 3.63) is 57.6 Å². The molecular formula is C19H21Cl2N3S. The van der Waals surface area contributed by atoms with Gasteiger partial charge in [-0.25, -0.2) is 0 Å². The molecule has 1 fully saturated rings. The monoisotopic (exact) mass is 393 g/mol. The molecule has 1 N–H and O–H groups in total. The summed E-state index contributed by atoms with van der Waals surface area (Å²) in [6, 6.07) is 11.9. The highest BCUT2D eigenvalue weighted by atomic mass is 35.5. The number of thiocarbonyl (C=S) groups is 1. The Balaban J connectivity index is 1.60. The van der Waals surface area contributed by atoms with Crippen molar-refractivity contribution < 1.29 is 0 Å². The third-order valence-electron chi connectivity index (χ3n) is 4.65. The third kappa shape index (κ3) is 4.20. The Morgan fingerprint density at radius 3 is 2.40 bits per heavy atom. The van der Waals surface area contributed by atoms with Crippen molar-refractivity contribution in [2.45, 2.75) is 13.8 Å². The number of piperazine rings is 1. The van der Waals surface area contributed by atoms with E-state index in [0.717, 1.165) is 37.0 Å². The van der Waals surface area contributed by atoms with E-state index in [1.165, 1.54) is 16.8 Å². The third-order valence-corrected chi connectivity index (χ3v) is 5.75. The van der Waals surface area contributed by atoms with Crippen LogP contribution in [0.5, 0.6) is 0 Å². The van der Waals surface area contributed by atoms with E-state index in [2.05, 4.69) is 47.2 Å². The molecule has 1 saturated heterocycles. The molecule has 1 aliphatic rings. The largest absolute Gasteiger partial charge is 0.368 e. The predicted molar refractivity (Wildman–Crippen MR) is 112 cm³/mol. The van der Waals surface area contributed by atoms with E-state index in [0.29, 0.717) is 10.0 Å². The van der Waals surface area contributed by atoms with E-state index in [9.17, 15) is 0 Å². The summed E-state index contributed by atoms with van der Waals surface area (Å²) in [5.41, 5.74) is 4.86. The summed E-state index contributed by atoms with van der Waals surface area (Å²) in [4.78, 5) is 4.63. The molecule has 0 bridgehead atoms. The second-order valence-corrected chi connectivity index (χ2v) is 7.45. The highest BCUT2D eigenvalue weighted by Gasteiger charge is 2.20. The van der Waals surface area contributed by atoms with Crippen LogP contribution in [0.1, 0.15) is 11.1 Å². The van der Waals surface area contributed by atoms with Gasteiger partial charge in [0.2, 0.25) is 0 Å². The van der Waals surface area contributed by atoms with Gasteiger partial charge in [0, 0.05) is 37.6 Å². The fourth-order valence-corrected chi connectivity index (χ4v) is 3.60. The molecule has 25 heavy (non-hydrogen) atoms. The first kappa shape index (κ1) is 18.3. The molecule has 0 aliphatic carbocycles. The quantitative estimate of drug-likeness (QED) is 0.712. The topological polar surface area (TPSA) is 18.5 Å². The number of hydrogen-bond acceptors (Lipinski definition) is 2. The maximum Gasteiger partial charge on any atom is 0.173 e. The standard InChI is InChI=1S/C19H21Cl2N3S/c1-13-4-3-5-18(14(13)2)23-8-10-24(11-9-23)19(25)22-15-6-7-16(20)17(21)12-15/h3-7,12H,8-11H2,1-2H3,(H,22,25).